The number of ether oxygens (including phenoxy) is 1. The molecule has 0 aromatic heterocycles. The first-order chi connectivity index (χ1) is 7.45. The molecular weight excluding hydrogens is 204 g/mol. The van der Waals surface area contributed by atoms with Gasteiger partial charge in [-0.3, -0.25) is 0 Å². The van der Waals surface area contributed by atoms with Crippen LogP contribution in [0, 0.1) is 0 Å². The molecular formula is C12H24N2O2. The molecule has 0 atom stereocenters. The zero-order chi connectivity index (χ0) is 12.7. The Kier molecular flexibility index (Phi) is 6.61. The molecule has 0 aliphatic carbocycles. The van der Waals surface area contributed by atoms with Gasteiger partial charge in [-0.05, 0) is 12.8 Å². The maximum absolute atomic E-state index is 11.9. The minimum absolute atomic E-state index is 0.207. The van der Waals surface area contributed by atoms with Crippen molar-refractivity contribution in [2.24, 2.45) is 0 Å². The van der Waals surface area contributed by atoms with Crippen molar-refractivity contribution in [3.05, 3.63) is 11.4 Å². The molecule has 0 saturated carbocycles. The van der Waals surface area contributed by atoms with Crippen LogP contribution in [0.15, 0.2) is 11.4 Å². The lowest BCUT2D eigenvalue weighted by molar-refractivity contribution is -0.139. The SMILES string of the molecule is CCCOC(=O)C(CC)=C(N(C)C)N(C)C. The summed E-state index contributed by atoms with van der Waals surface area (Å²) in [5, 5.41) is 0. The predicted molar refractivity (Wildman–Crippen MR) is 65.9 cm³/mol. The van der Waals surface area contributed by atoms with Crippen molar-refractivity contribution in [1.82, 2.24) is 9.80 Å². The van der Waals surface area contributed by atoms with Gasteiger partial charge in [0.2, 0.25) is 0 Å². The summed E-state index contributed by atoms with van der Waals surface area (Å²) in [6.45, 7) is 4.44. The smallest absolute Gasteiger partial charge is 0.337 e. The zero-order valence-electron chi connectivity index (χ0n) is 11.3. The van der Waals surface area contributed by atoms with Crippen LogP contribution in [0.4, 0.5) is 0 Å². The van der Waals surface area contributed by atoms with Gasteiger partial charge in [0.15, 0.2) is 0 Å². The molecule has 0 unspecified atom stereocenters. The van der Waals surface area contributed by atoms with Crippen molar-refractivity contribution in [3.8, 4) is 0 Å². The van der Waals surface area contributed by atoms with Crippen LogP contribution in [-0.4, -0.2) is 50.6 Å². The van der Waals surface area contributed by atoms with E-state index in [2.05, 4.69) is 0 Å². The van der Waals surface area contributed by atoms with E-state index in [1.54, 1.807) is 0 Å². The fraction of sp³-hybridized carbons (Fsp3) is 0.750. The highest BCUT2D eigenvalue weighted by molar-refractivity contribution is 5.89. The Morgan fingerprint density at radius 1 is 1.06 bits per heavy atom. The number of carbonyl (C=O) groups excluding carboxylic acids is 1. The summed E-state index contributed by atoms with van der Waals surface area (Å²) < 4.78 is 5.18. The summed E-state index contributed by atoms with van der Waals surface area (Å²) >= 11 is 0. The molecule has 4 heteroatoms. The predicted octanol–water partition coefficient (Wildman–Crippen LogP) is 1.68. The molecule has 0 heterocycles. The topological polar surface area (TPSA) is 32.8 Å². The number of esters is 1. The van der Waals surface area contributed by atoms with Crippen molar-refractivity contribution in [3.63, 3.8) is 0 Å². The van der Waals surface area contributed by atoms with Gasteiger partial charge >= 0.3 is 5.97 Å². The Labute approximate surface area is 98.9 Å². The summed E-state index contributed by atoms with van der Waals surface area (Å²) in [5.74, 6) is 0.699. The summed E-state index contributed by atoms with van der Waals surface area (Å²) in [5.41, 5.74) is 0.725. The van der Waals surface area contributed by atoms with Gasteiger partial charge in [-0.1, -0.05) is 13.8 Å². The van der Waals surface area contributed by atoms with E-state index in [1.807, 2.05) is 51.8 Å². The number of hydrogen-bond donors (Lipinski definition) is 0. The van der Waals surface area contributed by atoms with Crippen LogP contribution < -0.4 is 0 Å². The first-order valence-corrected chi connectivity index (χ1v) is 5.70. The second-order valence-corrected chi connectivity index (χ2v) is 4.08. The number of hydrogen-bond acceptors (Lipinski definition) is 4. The lowest BCUT2D eigenvalue weighted by Gasteiger charge is -2.27. The molecule has 0 saturated heterocycles. The van der Waals surface area contributed by atoms with Crippen LogP contribution in [-0.2, 0) is 9.53 Å². The highest BCUT2D eigenvalue weighted by atomic mass is 16.5. The highest BCUT2D eigenvalue weighted by Gasteiger charge is 2.18. The van der Waals surface area contributed by atoms with Crippen LogP contribution in [0.25, 0.3) is 0 Å². The molecule has 0 bridgehead atoms. The molecule has 94 valence electrons. The van der Waals surface area contributed by atoms with E-state index in [9.17, 15) is 4.79 Å². The van der Waals surface area contributed by atoms with Crippen LogP contribution in [0.1, 0.15) is 26.7 Å². The van der Waals surface area contributed by atoms with E-state index < -0.39 is 0 Å². The molecule has 0 aromatic rings. The largest absolute Gasteiger partial charge is 0.462 e. The van der Waals surface area contributed by atoms with Crippen LogP contribution in [0.5, 0.6) is 0 Å². The van der Waals surface area contributed by atoms with Gasteiger partial charge in [-0.2, -0.15) is 0 Å². The second-order valence-electron chi connectivity index (χ2n) is 4.08. The third-order valence-corrected chi connectivity index (χ3v) is 2.15. The Bertz CT molecular complexity index is 248. The highest BCUT2D eigenvalue weighted by Crippen LogP contribution is 2.15. The zero-order valence-corrected chi connectivity index (χ0v) is 11.3. The maximum atomic E-state index is 11.9. The minimum Gasteiger partial charge on any atom is -0.462 e. The average Bonchev–Trinajstić information content (AvgIpc) is 2.20. The van der Waals surface area contributed by atoms with E-state index in [-0.39, 0.29) is 5.97 Å². The van der Waals surface area contributed by atoms with E-state index in [0.29, 0.717) is 13.0 Å². The van der Waals surface area contributed by atoms with Crippen molar-refractivity contribution in [2.45, 2.75) is 26.7 Å². The summed E-state index contributed by atoms with van der Waals surface area (Å²) in [7, 11) is 7.71. The first kappa shape index (κ1) is 14.8. The van der Waals surface area contributed by atoms with Crippen molar-refractivity contribution in [2.75, 3.05) is 34.8 Å². The Hall–Kier alpha value is -1.19. The molecule has 16 heavy (non-hydrogen) atoms. The lowest BCUT2D eigenvalue weighted by Crippen LogP contribution is -2.29. The fourth-order valence-electron chi connectivity index (χ4n) is 1.62. The standard InChI is InChI=1S/C12H24N2O2/c1-7-9-16-12(15)10(8-2)11(13(3)4)14(5)6/h7-9H2,1-6H3. The van der Waals surface area contributed by atoms with Crippen LogP contribution >= 0.6 is 0 Å². The monoisotopic (exact) mass is 228 g/mol. The summed E-state index contributed by atoms with van der Waals surface area (Å²) in [4.78, 5) is 15.7. The van der Waals surface area contributed by atoms with Crippen molar-refractivity contribution < 1.29 is 9.53 Å². The molecule has 0 spiro atoms. The Morgan fingerprint density at radius 3 is 1.88 bits per heavy atom. The van der Waals surface area contributed by atoms with Gasteiger partial charge in [-0.25, -0.2) is 4.79 Å². The molecule has 0 fully saturated rings. The second kappa shape index (κ2) is 7.14. The van der Waals surface area contributed by atoms with Crippen LogP contribution in [0.3, 0.4) is 0 Å². The van der Waals surface area contributed by atoms with Gasteiger partial charge in [0.05, 0.1) is 12.2 Å². The average molecular weight is 228 g/mol. The summed E-state index contributed by atoms with van der Waals surface area (Å²) in [6.07, 6.45) is 1.52. The Morgan fingerprint density at radius 2 is 1.56 bits per heavy atom. The van der Waals surface area contributed by atoms with Crippen molar-refractivity contribution >= 4 is 5.97 Å². The summed E-state index contributed by atoms with van der Waals surface area (Å²) in [6, 6.07) is 0. The van der Waals surface area contributed by atoms with E-state index in [4.69, 9.17) is 4.74 Å². The number of rotatable bonds is 6. The molecule has 0 radical (unpaired) electrons. The normalized spacial score (nSPS) is 9.62. The van der Waals surface area contributed by atoms with Gasteiger partial charge in [0.25, 0.3) is 0 Å². The molecule has 0 aliphatic rings. The molecule has 0 amide bonds. The molecule has 0 rings (SSSR count). The van der Waals surface area contributed by atoms with E-state index in [1.165, 1.54) is 0 Å². The van der Waals surface area contributed by atoms with Crippen molar-refractivity contribution in [1.29, 1.82) is 0 Å². The van der Waals surface area contributed by atoms with Crippen LogP contribution in [0.2, 0.25) is 0 Å². The number of carbonyl (C=O) groups is 1. The Balaban J connectivity index is 5.01. The number of nitrogens with zero attached hydrogens (tertiary/aromatic N) is 2. The van der Waals surface area contributed by atoms with E-state index >= 15 is 0 Å². The molecule has 0 aromatic carbocycles. The third-order valence-electron chi connectivity index (χ3n) is 2.15. The first-order valence-electron chi connectivity index (χ1n) is 5.70. The maximum Gasteiger partial charge on any atom is 0.337 e. The molecule has 0 N–H and O–H groups in total. The van der Waals surface area contributed by atoms with E-state index in [0.717, 1.165) is 17.8 Å². The quantitative estimate of drug-likeness (QED) is 0.511. The van der Waals surface area contributed by atoms with Gasteiger partial charge in [-0.15, -0.1) is 0 Å². The molecule has 4 nitrogen and oxygen atoms in total. The third kappa shape index (κ3) is 4.13. The molecule has 0 aliphatic heterocycles. The lowest BCUT2D eigenvalue weighted by atomic mass is 10.2. The fourth-order valence-corrected chi connectivity index (χ4v) is 1.62. The van der Waals surface area contributed by atoms with Gasteiger partial charge in [0, 0.05) is 28.2 Å². The minimum atomic E-state index is -0.207. The van der Waals surface area contributed by atoms with Gasteiger partial charge in [0.1, 0.15) is 5.82 Å². The van der Waals surface area contributed by atoms with Gasteiger partial charge < -0.3 is 14.5 Å².